The summed E-state index contributed by atoms with van der Waals surface area (Å²) < 4.78 is 10.1. The Morgan fingerprint density at radius 1 is 0.870 bits per heavy atom. The summed E-state index contributed by atoms with van der Waals surface area (Å²) in [6, 6.07) is 1.91. The molecule has 5 heterocycles. The summed E-state index contributed by atoms with van der Waals surface area (Å²) in [6.45, 7) is 12.6. The first-order chi connectivity index (χ1) is 21.2. The zero-order chi connectivity index (χ0) is 33.2. The fourth-order valence-electron chi connectivity index (χ4n) is 3.37. The van der Waals surface area contributed by atoms with Crippen LogP contribution >= 0.6 is 34.0 Å². The van der Waals surface area contributed by atoms with E-state index < -0.39 is 0 Å². The van der Waals surface area contributed by atoms with E-state index >= 15 is 0 Å². The molecule has 1 aliphatic heterocycles. The average molecular weight is 695 g/mol. The van der Waals surface area contributed by atoms with Crippen LogP contribution in [0.2, 0.25) is 0 Å². The molecule has 0 unspecified atom stereocenters. The number of amides is 1. The van der Waals surface area contributed by atoms with Gasteiger partial charge in [0.05, 0.1) is 42.9 Å². The van der Waals surface area contributed by atoms with Crippen molar-refractivity contribution in [1.29, 1.82) is 5.26 Å². The van der Waals surface area contributed by atoms with E-state index in [9.17, 15) is 19.5 Å². The van der Waals surface area contributed by atoms with E-state index in [2.05, 4.69) is 24.9 Å². The quantitative estimate of drug-likeness (QED) is 0.215. The third-order valence-electron chi connectivity index (χ3n) is 5.32. The number of aromatic nitrogens is 4. The van der Waals surface area contributed by atoms with Crippen LogP contribution in [0.3, 0.4) is 0 Å². The minimum absolute atomic E-state index is 0. The summed E-state index contributed by atoms with van der Waals surface area (Å²) in [7, 11) is 0. The molecule has 0 bridgehead atoms. The number of thiazole rings is 3. The van der Waals surface area contributed by atoms with Gasteiger partial charge in [0.1, 0.15) is 21.8 Å². The molecule has 46 heavy (non-hydrogen) atoms. The normalized spacial score (nSPS) is 11.8. The van der Waals surface area contributed by atoms with E-state index in [1.807, 2.05) is 53.0 Å². The predicted molar refractivity (Wildman–Crippen MR) is 174 cm³/mol. The van der Waals surface area contributed by atoms with Crippen LogP contribution in [0.4, 0.5) is 0 Å². The van der Waals surface area contributed by atoms with Crippen LogP contribution in [0, 0.1) is 22.2 Å². The number of aromatic hydroxyl groups is 1. The first-order valence-corrected chi connectivity index (χ1v) is 16.3. The molecule has 240 valence electrons. The van der Waals surface area contributed by atoms with Crippen LogP contribution in [0.15, 0.2) is 39.7 Å². The summed E-state index contributed by atoms with van der Waals surface area (Å²) >= 11 is 4.11. The first kappa shape index (κ1) is 38.9. The fourth-order valence-corrected chi connectivity index (χ4v) is 5.07. The van der Waals surface area contributed by atoms with Gasteiger partial charge in [-0.2, -0.15) is 5.26 Å². The Morgan fingerprint density at radius 3 is 1.78 bits per heavy atom. The minimum atomic E-state index is -0.382. The smallest absolute Gasteiger partial charge is 1.00 e. The van der Waals surface area contributed by atoms with Crippen molar-refractivity contribution in [1.82, 2.24) is 19.9 Å². The number of rotatable bonds is 7. The van der Waals surface area contributed by atoms with Gasteiger partial charge in [-0.05, 0) is 10.8 Å². The number of esters is 2. The Kier molecular flexibility index (Phi) is 14.9. The molecule has 4 aromatic rings. The largest absolute Gasteiger partial charge is 1.00 e. The van der Waals surface area contributed by atoms with E-state index in [0.29, 0.717) is 50.8 Å². The molecule has 0 aromatic carbocycles. The molecule has 1 aliphatic rings. The third-order valence-corrected chi connectivity index (χ3v) is 7.57. The van der Waals surface area contributed by atoms with Gasteiger partial charge in [-0.3, -0.25) is 14.4 Å². The van der Waals surface area contributed by atoms with Gasteiger partial charge in [-0.25, -0.2) is 19.9 Å². The zero-order valence-corrected chi connectivity index (χ0v) is 31.2. The van der Waals surface area contributed by atoms with E-state index in [0.717, 1.165) is 0 Å². The molecule has 5 rings (SSSR count). The third kappa shape index (κ3) is 12.2. The van der Waals surface area contributed by atoms with Crippen LogP contribution in [0.5, 0.6) is 5.88 Å². The number of aromatic amines is 1. The number of nitriles is 1. The summed E-state index contributed by atoms with van der Waals surface area (Å²) in [5.41, 5.74) is 1.59. The molecular weight excluding hydrogens is 660 g/mol. The number of carbonyl (C=O) groups is 3. The number of nitrogens with one attached hydrogen (secondary N) is 1. The molecule has 4 aromatic heterocycles. The Hall–Kier alpha value is -3.26. The molecule has 0 spiro atoms. The van der Waals surface area contributed by atoms with Crippen LogP contribution in [0.25, 0.3) is 10.7 Å². The van der Waals surface area contributed by atoms with Crippen molar-refractivity contribution in [2.45, 2.75) is 54.4 Å². The second-order valence-electron chi connectivity index (χ2n) is 11.9. The topological polar surface area (TPSA) is 181 Å². The second kappa shape index (κ2) is 17.6. The SMILES string of the molecule is CC(C)(C)COC(=O)CCC(=O)OCC(C)(C)C.N#Cc1nccs1.O=C1N=C(c2nccs2)c2c(O)[nH]c(-c3nccs3)c21.[H-].[Na+]. The van der Waals surface area contributed by atoms with Gasteiger partial charge in [0.25, 0.3) is 5.91 Å². The van der Waals surface area contributed by atoms with Gasteiger partial charge in [-0.1, -0.05) is 41.5 Å². The second-order valence-corrected chi connectivity index (χ2v) is 14.6. The van der Waals surface area contributed by atoms with E-state index in [1.165, 1.54) is 34.0 Å². The van der Waals surface area contributed by atoms with Crippen molar-refractivity contribution < 1.29 is 59.9 Å². The molecule has 0 atom stereocenters. The summed E-state index contributed by atoms with van der Waals surface area (Å²) in [5, 5.41) is 25.4. The van der Waals surface area contributed by atoms with Crippen molar-refractivity contribution >= 4 is 57.6 Å². The summed E-state index contributed by atoms with van der Waals surface area (Å²) in [5.74, 6) is -1.16. The first-order valence-electron chi connectivity index (χ1n) is 13.7. The summed E-state index contributed by atoms with van der Waals surface area (Å²) in [4.78, 5) is 53.7. The number of carbonyl (C=O) groups excluding carboxylic acids is 3. The van der Waals surface area contributed by atoms with Crippen LogP contribution in [-0.4, -0.2) is 61.8 Å². The molecule has 16 heteroatoms. The van der Waals surface area contributed by atoms with Crippen LogP contribution < -0.4 is 29.6 Å². The van der Waals surface area contributed by atoms with Crippen LogP contribution in [-0.2, 0) is 19.1 Å². The van der Waals surface area contributed by atoms with Crippen molar-refractivity contribution in [3.05, 3.63) is 55.9 Å². The standard InChI is InChI=1S/C14H26O4.C12H6N4O2S2.C4H2N2S.Na.H/c1-13(2,3)9-17-11(15)7-8-12(16)18-10-14(4,5)6;17-9-5-6(8(16-9)12-14-2-4-20-12)10(18)15-7(5)11-13-1-3-19-11;5-3-4-6-1-2-7-4;;/h7-10H2,1-6H3;1-4,15,18H;1-2H;;/q;;;+1;-1. The number of hydrogen-bond donors (Lipinski definition) is 2. The fraction of sp³-hybridized carbons (Fsp3) is 0.400. The molecule has 0 aliphatic carbocycles. The van der Waals surface area contributed by atoms with Crippen molar-refractivity contribution in [2.75, 3.05) is 13.2 Å². The van der Waals surface area contributed by atoms with Crippen molar-refractivity contribution in [2.24, 2.45) is 15.8 Å². The summed E-state index contributed by atoms with van der Waals surface area (Å²) in [6.07, 6.45) is 5.06. The molecule has 0 fully saturated rings. The number of H-pyrrole nitrogens is 1. The average Bonchev–Trinajstić information content (AvgIpc) is 3.81. The molecule has 0 saturated heterocycles. The maximum atomic E-state index is 12.1. The molecule has 1 amide bonds. The molecule has 0 saturated carbocycles. The minimum Gasteiger partial charge on any atom is -1.00 e. The van der Waals surface area contributed by atoms with Gasteiger partial charge in [-0.15, -0.1) is 34.0 Å². The van der Waals surface area contributed by atoms with Crippen molar-refractivity contribution in [3.8, 4) is 22.7 Å². The van der Waals surface area contributed by atoms with Gasteiger partial charge in [0.2, 0.25) is 0 Å². The van der Waals surface area contributed by atoms with Gasteiger partial charge in [0, 0.05) is 34.7 Å². The Labute approximate surface area is 302 Å². The van der Waals surface area contributed by atoms with Gasteiger partial charge in [0.15, 0.2) is 10.9 Å². The molecule has 0 radical (unpaired) electrons. The number of fused-ring (bicyclic) bond motifs is 1. The predicted octanol–water partition coefficient (Wildman–Crippen LogP) is 3.37. The number of aliphatic imine (C=N–C) groups is 1. The Morgan fingerprint density at radius 2 is 1.37 bits per heavy atom. The maximum Gasteiger partial charge on any atom is 1.00 e. The maximum absolute atomic E-state index is 12.1. The van der Waals surface area contributed by atoms with E-state index in [4.69, 9.17) is 14.7 Å². The number of hydrogen-bond acceptors (Lipinski definition) is 13. The number of nitrogens with zero attached hydrogens (tertiary/aromatic N) is 5. The number of ether oxygens (including phenoxy) is 2. The van der Waals surface area contributed by atoms with Gasteiger partial charge >= 0.3 is 41.5 Å². The van der Waals surface area contributed by atoms with E-state index in [-0.39, 0.29) is 78.4 Å². The van der Waals surface area contributed by atoms with Crippen molar-refractivity contribution in [3.63, 3.8) is 0 Å². The Bertz CT molecular complexity index is 1620. The Balaban J connectivity index is 0.000000379. The monoisotopic (exact) mass is 694 g/mol. The van der Waals surface area contributed by atoms with E-state index in [1.54, 1.807) is 29.4 Å². The zero-order valence-electron chi connectivity index (χ0n) is 27.7. The molecular formula is C30H35N6NaO6S3. The molecule has 2 N–H and O–H groups in total. The van der Waals surface area contributed by atoms with Gasteiger partial charge < -0.3 is 21.0 Å². The molecule has 12 nitrogen and oxygen atoms in total. The van der Waals surface area contributed by atoms with Crippen LogP contribution in [0.1, 0.15) is 81.7 Å².